The van der Waals surface area contributed by atoms with Crippen molar-refractivity contribution in [3.63, 3.8) is 0 Å². The van der Waals surface area contributed by atoms with E-state index in [-0.39, 0.29) is 26.8 Å². The molecular weight excluding hydrogens is 854 g/mol. The molecule has 1 aliphatic rings. The number of para-hydroxylation sites is 2. The van der Waals surface area contributed by atoms with Gasteiger partial charge >= 0.3 is 0 Å². The number of imidazole rings is 1. The van der Waals surface area contributed by atoms with Crippen LogP contribution >= 0.6 is 0 Å². The van der Waals surface area contributed by atoms with Gasteiger partial charge in [-0.15, -0.1) is 29.3 Å². The van der Waals surface area contributed by atoms with E-state index in [1.54, 1.807) is 6.07 Å². The molecule has 0 atom stereocenters. The summed E-state index contributed by atoms with van der Waals surface area (Å²) in [6.07, 6.45) is 1.80. The van der Waals surface area contributed by atoms with Crippen molar-refractivity contribution in [2.45, 2.75) is 12.8 Å². The van der Waals surface area contributed by atoms with Gasteiger partial charge < -0.3 is 9.67 Å². The van der Waals surface area contributed by atoms with E-state index in [9.17, 15) is 5.11 Å². The third-order valence-electron chi connectivity index (χ3n) is 10.5. The number of pyridine rings is 1. The fourth-order valence-corrected chi connectivity index (χ4v) is 8.03. The van der Waals surface area contributed by atoms with Crippen molar-refractivity contribution in [3.05, 3.63) is 193 Å². The van der Waals surface area contributed by atoms with Crippen molar-refractivity contribution in [1.82, 2.24) is 14.5 Å². The summed E-state index contributed by atoms with van der Waals surface area (Å²) in [4.78, 5) is 10.9. The summed E-state index contributed by atoms with van der Waals surface area (Å²) >= 11 is 0. The molecule has 10 rings (SSSR count). The van der Waals surface area contributed by atoms with Crippen molar-refractivity contribution in [2.24, 2.45) is 0 Å². The molecule has 0 unspecified atom stereocenters. The SMILES string of the molecule is Oc1cccc2c1-c1[c-]c(-c3nc4c(-c5cccc(-c6c(-c7ccccc7)cccc6-c6ccccc6)n5)cccc4n3-c3ccccc3)ccc1CC2.[Pt]. The van der Waals surface area contributed by atoms with E-state index >= 15 is 0 Å². The third-order valence-corrected chi connectivity index (χ3v) is 10.5. The van der Waals surface area contributed by atoms with Gasteiger partial charge in [-0.05, 0) is 70.6 Å². The van der Waals surface area contributed by atoms with Crippen molar-refractivity contribution < 1.29 is 26.2 Å². The van der Waals surface area contributed by atoms with Crippen molar-refractivity contribution in [1.29, 1.82) is 0 Å². The molecule has 0 bridgehead atoms. The summed E-state index contributed by atoms with van der Waals surface area (Å²) in [6, 6.07) is 64.4. The second-order valence-electron chi connectivity index (χ2n) is 13.7. The van der Waals surface area contributed by atoms with E-state index in [1.165, 1.54) is 5.56 Å². The van der Waals surface area contributed by atoms with Gasteiger partial charge in [0, 0.05) is 37.9 Å². The van der Waals surface area contributed by atoms with Crippen molar-refractivity contribution in [3.8, 4) is 78.7 Å². The monoisotopic (exact) mass is 887 g/mol. The molecule has 0 saturated carbocycles. The first kappa shape index (κ1) is 34.4. The molecule has 0 spiro atoms. The molecule has 0 saturated heterocycles. The molecular formula is C50H34N3OPt-. The Morgan fingerprint density at radius 2 is 1.09 bits per heavy atom. The summed E-state index contributed by atoms with van der Waals surface area (Å²) < 4.78 is 2.22. The molecule has 2 heterocycles. The van der Waals surface area contributed by atoms with Gasteiger partial charge in [-0.25, -0.2) is 4.98 Å². The summed E-state index contributed by atoms with van der Waals surface area (Å²) in [5, 5.41) is 11.0. The maximum Gasteiger partial charge on any atom is 0.0904 e. The van der Waals surface area contributed by atoms with Gasteiger partial charge in [0.15, 0.2) is 0 Å². The number of phenols is 1. The van der Waals surface area contributed by atoms with Crippen LogP contribution in [0.2, 0.25) is 0 Å². The topological polar surface area (TPSA) is 50.9 Å². The molecule has 7 aromatic carbocycles. The minimum absolute atomic E-state index is 0. The smallest absolute Gasteiger partial charge is 0.0904 e. The Balaban J connectivity index is 0.00000397. The fraction of sp³-hybridized carbons (Fsp3) is 0.0400. The van der Waals surface area contributed by atoms with Gasteiger partial charge in [0.1, 0.15) is 0 Å². The van der Waals surface area contributed by atoms with E-state index in [0.29, 0.717) is 0 Å². The van der Waals surface area contributed by atoms with Crippen LogP contribution in [-0.2, 0) is 33.9 Å². The van der Waals surface area contributed by atoms with Crippen LogP contribution in [0.25, 0.3) is 84.0 Å². The quantitative estimate of drug-likeness (QED) is 0.169. The van der Waals surface area contributed by atoms with Crippen LogP contribution in [0, 0.1) is 6.07 Å². The number of hydrogen-bond acceptors (Lipinski definition) is 3. The molecule has 1 N–H and O–H groups in total. The number of aryl methyl sites for hydroxylation is 2. The van der Waals surface area contributed by atoms with Gasteiger partial charge in [-0.2, -0.15) is 0 Å². The number of fused-ring (bicyclic) bond motifs is 4. The number of benzene rings is 7. The molecule has 266 valence electrons. The number of hydrogen-bond donors (Lipinski definition) is 1. The molecule has 0 amide bonds. The van der Waals surface area contributed by atoms with Crippen LogP contribution in [0.5, 0.6) is 5.75 Å². The molecule has 9 aromatic rings. The number of nitrogens with zero attached hydrogens (tertiary/aromatic N) is 3. The third kappa shape index (κ3) is 6.09. The van der Waals surface area contributed by atoms with E-state index in [4.69, 9.17) is 9.97 Å². The number of phenolic OH excluding ortho intramolecular Hbond substituents is 1. The number of rotatable bonds is 6. The first-order valence-electron chi connectivity index (χ1n) is 18.4. The predicted octanol–water partition coefficient (Wildman–Crippen LogP) is 12.0. The second kappa shape index (κ2) is 14.5. The summed E-state index contributed by atoms with van der Waals surface area (Å²) in [5.74, 6) is 1.07. The Hall–Kier alpha value is -6.35. The molecule has 55 heavy (non-hydrogen) atoms. The molecule has 2 aromatic heterocycles. The maximum absolute atomic E-state index is 11.0. The van der Waals surface area contributed by atoms with Crippen molar-refractivity contribution >= 4 is 11.0 Å². The summed E-state index contributed by atoms with van der Waals surface area (Å²) in [6.45, 7) is 0. The van der Waals surface area contributed by atoms with Gasteiger partial charge in [-0.3, -0.25) is 4.98 Å². The van der Waals surface area contributed by atoms with Gasteiger partial charge in [0.2, 0.25) is 0 Å². The zero-order valence-electron chi connectivity index (χ0n) is 29.8. The molecule has 4 nitrogen and oxygen atoms in total. The predicted molar refractivity (Wildman–Crippen MR) is 219 cm³/mol. The largest absolute Gasteiger partial charge is 0.515 e. The second-order valence-corrected chi connectivity index (χ2v) is 13.7. The Morgan fingerprint density at radius 3 is 1.82 bits per heavy atom. The van der Waals surface area contributed by atoms with Gasteiger partial charge in [-0.1, -0.05) is 145 Å². The first-order chi connectivity index (χ1) is 26.7. The van der Waals surface area contributed by atoms with E-state index < -0.39 is 0 Å². The van der Waals surface area contributed by atoms with Crippen LogP contribution in [0.3, 0.4) is 0 Å². The van der Waals surface area contributed by atoms with Crippen LogP contribution in [0.1, 0.15) is 11.1 Å². The van der Waals surface area contributed by atoms with Crippen LogP contribution in [0.15, 0.2) is 176 Å². The van der Waals surface area contributed by atoms with E-state index in [1.807, 2.05) is 12.1 Å². The van der Waals surface area contributed by atoms with Crippen molar-refractivity contribution in [2.75, 3.05) is 0 Å². The van der Waals surface area contributed by atoms with Gasteiger partial charge in [0.05, 0.1) is 34.0 Å². The maximum atomic E-state index is 11.0. The molecule has 0 radical (unpaired) electrons. The minimum Gasteiger partial charge on any atom is -0.515 e. The first-order valence-corrected chi connectivity index (χ1v) is 18.4. The average Bonchev–Trinajstić information content (AvgIpc) is 3.64. The standard InChI is InChI=1S/C50H34N3O.Pt/c54-46-27-10-18-36-30-28-35-29-31-37(32-42(35)47(36)46)50-52-49-41(23-12-26-45(49)53(50)38-19-8-3-9-20-38)43-24-13-25-44(51-43)48-39(33-14-4-1-5-15-33)21-11-22-40(48)34-16-6-2-7-17-34;/h1-27,29,31,54H,28,30H2;/q-1;. The summed E-state index contributed by atoms with van der Waals surface area (Å²) in [7, 11) is 0. The van der Waals surface area contributed by atoms with E-state index in [0.717, 1.165) is 102 Å². The Morgan fingerprint density at radius 1 is 0.491 bits per heavy atom. The number of aromatic nitrogens is 3. The molecule has 0 fully saturated rings. The van der Waals surface area contributed by atoms with Crippen LogP contribution in [0.4, 0.5) is 0 Å². The van der Waals surface area contributed by atoms with Crippen LogP contribution < -0.4 is 0 Å². The zero-order valence-corrected chi connectivity index (χ0v) is 32.0. The number of aromatic hydroxyl groups is 1. The zero-order chi connectivity index (χ0) is 36.0. The molecule has 5 heteroatoms. The van der Waals surface area contributed by atoms with Gasteiger partial charge in [0.25, 0.3) is 0 Å². The Kier molecular flexibility index (Phi) is 9.06. The average molecular weight is 888 g/mol. The fourth-order valence-electron chi connectivity index (χ4n) is 8.03. The minimum atomic E-state index is 0. The molecule has 1 aliphatic carbocycles. The summed E-state index contributed by atoms with van der Waals surface area (Å²) in [5.41, 5.74) is 16.2. The Labute approximate surface area is 334 Å². The normalized spacial score (nSPS) is 11.8. The molecule has 0 aliphatic heterocycles. The van der Waals surface area contributed by atoms with Crippen LogP contribution in [-0.4, -0.2) is 19.6 Å². The Bertz CT molecular complexity index is 2770. The van der Waals surface area contributed by atoms with E-state index in [2.05, 4.69) is 168 Å².